The van der Waals surface area contributed by atoms with E-state index in [1.165, 1.54) is 116 Å². The van der Waals surface area contributed by atoms with Crippen molar-refractivity contribution in [2.75, 3.05) is 0 Å². The Morgan fingerprint density at radius 3 is 1.11 bits per heavy atom. The second kappa shape index (κ2) is 23.6. The molecule has 2 rings (SSSR count). The van der Waals surface area contributed by atoms with Crippen LogP contribution in [0.25, 0.3) is 10.8 Å². The fourth-order valence-corrected chi connectivity index (χ4v) is 7.80. The topological polar surface area (TPSA) is 40.5 Å². The van der Waals surface area contributed by atoms with Gasteiger partial charge in [0.15, 0.2) is 0 Å². The van der Waals surface area contributed by atoms with Crippen LogP contribution in [-0.2, 0) is 6.42 Å². The van der Waals surface area contributed by atoms with Crippen molar-refractivity contribution in [2.24, 2.45) is 41.4 Å². The van der Waals surface area contributed by atoms with E-state index in [4.69, 9.17) is 0 Å². The zero-order chi connectivity index (χ0) is 34.6. The molecular formula is C45H78O2. The minimum atomic E-state index is 0.271. The van der Waals surface area contributed by atoms with E-state index in [-0.39, 0.29) is 5.75 Å². The molecule has 2 N–H and O–H groups in total. The number of rotatable bonds is 27. The van der Waals surface area contributed by atoms with Crippen molar-refractivity contribution < 1.29 is 10.2 Å². The maximum absolute atomic E-state index is 10.7. The second-order valence-electron chi connectivity index (χ2n) is 17.1. The van der Waals surface area contributed by atoms with E-state index < -0.39 is 0 Å². The van der Waals surface area contributed by atoms with Crippen LogP contribution in [0.2, 0.25) is 0 Å². The van der Waals surface area contributed by atoms with E-state index in [0.29, 0.717) is 11.7 Å². The summed E-state index contributed by atoms with van der Waals surface area (Å²) in [5.74, 6) is 6.50. The number of phenols is 2. The van der Waals surface area contributed by atoms with Crippen LogP contribution in [-0.4, -0.2) is 10.2 Å². The van der Waals surface area contributed by atoms with Crippen LogP contribution in [0.5, 0.6) is 11.5 Å². The Hall–Kier alpha value is -1.70. The third-order valence-corrected chi connectivity index (χ3v) is 11.4. The van der Waals surface area contributed by atoms with Gasteiger partial charge in [-0.15, -0.1) is 0 Å². The number of fused-ring (bicyclic) bond motifs is 1. The Bertz CT molecular complexity index is 1070. The molecule has 2 heteroatoms. The quantitative estimate of drug-likeness (QED) is 0.0945. The van der Waals surface area contributed by atoms with Crippen molar-refractivity contribution in [1.29, 1.82) is 0 Å². The van der Waals surface area contributed by atoms with Gasteiger partial charge in [0.05, 0.1) is 0 Å². The van der Waals surface area contributed by atoms with Gasteiger partial charge in [-0.1, -0.05) is 195 Å². The minimum Gasteiger partial charge on any atom is -0.507 e. The first-order valence-corrected chi connectivity index (χ1v) is 20.4. The minimum absolute atomic E-state index is 0.271. The molecular weight excluding hydrogens is 572 g/mol. The lowest BCUT2D eigenvalue weighted by molar-refractivity contribution is 0.356. The van der Waals surface area contributed by atoms with Gasteiger partial charge in [-0.2, -0.15) is 0 Å². The fourth-order valence-electron chi connectivity index (χ4n) is 7.80. The lowest BCUT2D eigenvalue weighted by Gasteiger charge is -2.18. The molecule has 0 aliphatic rings. The first-order valence-electron chi connectivity index (χ1n) is 20.4. The van der Waals surface area contributed by atoms with Crippen LogP contribution in [0, 0.1) is 41.4 Å². The van der Waals surface area contributed by atoms with Crippen molar-refractivity contribution in [1.82, 2.24) is 0 Å². The van der Waals surface area contributed by atoms with Crippen LogP contribution in [0.1, 0.15) is 183 Å². The zero-order valence-electron chi connectivity index (χ0n) is 32.5. The second-order valence-corrected chi connectivity index (χ2v) is 17.1. The molecule has 0 saturated heterocycles. The third kappa shape index (κ3) is 18.0. The number of aryl methyl sites for hydroxylation is 1. The highest BCUT2D eigenvalue weighted by Crippen LogP contribution is 2.36. The average Bonchev–Trinajstić information content (AvgIpc) is 3.02. The molecule has 0 saturated carbocycles. The number of aromatic hydroxyl groups is 2. The van der Waals surface area contributed by atoms with Crippen molar-refractivity contribution in [3.8, 4) is 11.5 Å². The predicted octanol–water partition coefficient (Wildman–Crippen LogP) is 14.7. The first kappa shape index (κ1) is 41.5. The summed E-state index contributed by atoms with van der Waals surface area (Å²) in [6, 6.07) is 9.32. The Morgan fingerprint density at radius 2 is 0.745 bits per heavy atom. The highest BCUT2D eigenvalue weighted by molar-refractivity contribution is 5.93. The molecule has 0 fully saturated rings. The lowest BCUT2D eigenvalue weighted by atomic mass is 9.88. The third-order valence-electron chi connectivity index (χ3n) is 11.4. The molecule has 2 aromatic carbocycles. The van der Waals surface area contributed by atoms with Crippen molar-refractivity contribution >= 4 is 10.8 Å². The van der Waals surface area contributed by atoms with Gasteiger partial charge in [-0.25, -0.2) is 0 Å². The monoisotopic (exact) mass is 651 g/mol. The molecule has 0 amide bonds. The molecule has 47 heavy (non-hydrogen) atoms. The van der Waals surface area contributed by atoms with Gasteiger partial charge in [-0.3, -0.25) is 0 Å². The molecule has 6 atom stereocenters. The molecule has 2 aromatic rings. The molecule has 0 aromatic heterocycles. The molecule has 270 valence electrons. The molecule has 0 aliphatic heterocycles. The highest BCUT2D eigenvalue weighted by Gasteiger charge is 2.14. The normalized spacial score (nSPS) is 15.9. The number of phenolic OH excluding ortho intramolecular Hbond substituents is 2. The molecule has 0 bridgehead atoms. The summed E-state index contributed by atoms with van der Waals surface area (Å²) in [7, 11) is 0. The molecule has 0 spiro atoms. The van der Waals surface area contributed by atoms with E-state index in [2.05, 4.69) is 55.4 Å². The summed E-state index contributed by atoms with van der Waals surface area (Å²) in [6.45, 7) is 19.4. The van der Waals surface area contributed by atoms with Gasteiger partial charge < -0.3 is 10.2 Å². The molecule has 0 unspecified atom stereocenters. The molecule has 0 aliphatic carbocycles. The Morgan fingerprint density at radius 1 is 0.426 bits per heavy atom. The first-order chi connectivity index (χ1) is 22.5. The van der Waals surface area contributed by atoms with Crippen LogP contribution in [0.3, 0.4) is 0 Å². The summed E-state index contributed by atoms with van der Waals surface area (Å²) in [5.41, 5.74) is 0.869. The Balaban J connectivity index is 1.45. The van der Waals surface area contributed by atoms with Gasteiger partial charge in [-0.05, 0) is 65.9 Å². The predicted molar refractivity (Wildman–Crippen MR) is 209 cm³/mol. The zero-order valence-corrected chi connectivity index (χ0v) is 32.5. The van der Waals surface area contributed by atoms with Crippen molar-refractivity contribution in [3.05, 3.63) is 35.9 Å². The molecule has 0 heterocycles. The standard InChI is InChI=1S/C45H78O2/c1-34(2)17-11-18-35(3)19-12-20-36(4)21-13-22-37(5)23-14-24-38(6)25-15-26-39(7)27-16-28-40(8)31-32-41-33-44(46)42-29-9-10-30-43(42)45(41)47/h9-10,29-30,33-40,46-47H,11-28,31-32H2,1-8H3/t35-,36+,37-,38+,39+,40-/m1/s1. The van der Waals surface area contributed by atoms with Crippen molar-refractivity contribution in [3.63, 3.8) is 0 Å². The SMILES string of the molecule is CC(C)CCC[C@@H](C)CCC[C@H](C)CCC[C@@H](C)CCC[C@H](C)CCC[C@H](C)CCC[C@@H](C)CCc1cc(O)c2ccccc2c1O. The molecule has 0 radical (unpaired) electrons. The summed E-state index contributed by atoms with van der Waals surface area (Å²) in [4.78, 5) is 0. The van der Waals surface area contributed by atoms with E-state index >= 15 is 0 Å². The van der Waals surface area contributed by atoms with E-state index in [1.807, 2.05) is 24.3 Å². The highest BCUT2D eigenvalue weighted by atomic mass is 16.3. The van der Waals surface area contributed by atoms with Gasteiger partial charge in [0.2, 0.25) is 0 Å². The number of hydrogen-bond donors (Lipinski definition) is 2. The molecule has 2 nitrogen and oxygen atoms in total. The van der Waals surface area contributed by atoms with E-state index in [1.54, 1.807) is 6.07 Å². The maximum atomic E-state index is 10.7. The number of benzene rings is 2. The summed E-state index contributed by atoms with van der Waals surface area (Å²) >= 11 is 0. The largest absolute Gasteiger partial charge is 0.507 e. The van der Waals surface area contributed by atoms with Gasteiger partial charge in [0.1, 0.15) is 11.5 Å². The number of hydrogen-bond acceptors (Lipinski definition) is 2. The maximum Gasteiger partial charge on any atom is 0.126 e. The smallest absolute Gasteiger partial charge is 0.126 e. The van der Waals surface area contributed by atoms with Crippen molar-refractivity contribution in [2.45, 2.75) is 184 Å². The van der Waals surface area contributed by atoms with E-state index in [9.17, 15) is 10.2 Å². The summed E-state index contributed by atoms with van der Waals surface area (Å²) in [6.07, 6.45) is 27.0. The summed E-state index contributed by atoms with van der Waals surface area (Å²) < 4.78 is 0. The van der Waals surface area contributed by atoms with Crippen LogP contribution >= 0.6 is 0 Å². The Kier molecular flexibility index (Phi) is 20.8. The van der Waals surface area contributed by atoms with Crippen LogP contribution < -0.4 is 0 Å². The summed E-state index contributed by atoms with van der Waals surface area (Å²) in [5, 5.41) is 22.6. The lowest BCUT2D eigenvalue weighted by Crippen LogP contribution is -2.03. The van der Waals surface area contributed by atoms with Crippen LogP contribution in [0.4, 0.5) is 0 Å². The average molecular weight is 651 g/mol. The van der Waals surface area contributed by atoms with Crippen LogP contribution in [0.15, 0.2) is 30.3 Å². The van der Waals surface area contributed by atoms with E-state index in [0.717, 1.165) is 64.7 Å². The van der Waals surface area contributed by atoms with Gasteiger partial charge in [0.25, 0.3) is 0 Å². The fraction of sp³-hybridized carbons (Fsp3) is 0.778. The van der Waals surface area contributed by atoms with Gasteiger partial charge in [0, 0.05) is 10.8 Å². The van der Waals surface area contributed by atoms with Gasteiger partial charge >= 0.3 is 0 Å². The Labute approximate surface area is 292 Å².